The van der Waals surface area contributed by atoms with E-state index in [1.807, 2.05) is 12.1 Å². The van der Waals surface area contributed by atoms with E-state index in [-0.39, 0.29) is 30.8 Å². The van der Waals surface area contributed by atoms with Gasteiger partial charge in [-0.2, -0.15) is 0 Å². The Hall–Kier alpha value is -2.05. The van der Waals surface area contributed by atoms with Gasteiger partial charge in [-0.1, -0.05) is 43.7 Å². The number of carbonyl (C=O) groups is 1. The number of benzene rings is 2. The van der Waals surface area contributed by atoms with Gasteiger partial charge in [0, 0.05) is 28.6 Å². The lowest BCUT2D eigenvalue weighted by Gasteiger charge is -2.21. The molecule has 0 atom stereocenters. The number of rotatable bonds is 8. The number of thioether (sulfide) groups is 1. The zero-order chi connectivity index (χ0) is 23.3. The first-order chi connectivity index (χ1) is 15.3. The molecule has 2 aromatic carbocycles. The quantitative estimate of drug-likeness (QED) is 0.257. The summed E-state index contributed by atoms with van der Waals surface area (Å²) in [5, 5.41) is 0. The van der Waals surface area contributed by atoms with Gasteiger partial charge in [0.25, 0.3) is 0 Å². The molecule has 3 rings (SSSR count). The Labute approximate surface area is 219 Å². The fourth-order valence-corrected chi connectivity index (χ4v) is 4.82. The van der Waals surface area contributed by atoms with Crippen LogP contribution in [0.4, 0.5) is 0 Å². The summed E-state index contributed by atoms with van der Waals surface area (Å²) in [6.07, 6.45) is 0.911. The third kappa shape index (κ3) is 7.22. The van der Waals surface area contributed by atoms with Crippen LogP contribution in [0.2, 0.25) is 0 Å². The molecule has 4 nitrogen and oxygen atoms in total. The average Bonchev–Trinajstić information content (AvgIpc) is 2.78. The lowest BCUT2D eigenvalue weighted by Crippen LogP contribution is -2.13. The van der Waals surface area contributed by atoms with Gasteiger partial charge >= 0.3 is 5.97 Å². The second-order valence-corrected chi connectivity index (χ2v) is 9.50. The predicted octanol–water partition coefficient (Wildman–Crippen LogP) is 6.95. The molecule has 0 amide bonds. The van der Waals surface area contributed by atoms with Crippen molar-refractivity contribution >= 4 is 42.5 Å². The summed E-state index contributed by atoms with van der Waals surface area (Å²) in [5.41, 5.74) is 15.0. The summed E-state index contributed by atoms with van der Waals surface area (Å²) >= 11 is 1.73. The lowest BCUT2D eigenvalue weighted by atomic mass is 9.90. The number of methoxy groups -OCH3 is 1. The Kier molecular flexibility index (Phi) is 12.1. The largest absolute Gasteiger partial charge is 0.465 e. The molecule has 1 aromatic heterocycles. The van der Waals surface area contributed by atoms with Gasteiger partial charge in [0.15, 0.2) is 0 Å². The standard InChI is InChI=1S/C27H32N2O2S.2ClH/c1-17(2)14-25-23(15-28)26(20-8-6-18(3)7-9-20)24(19(4)29-25)16-32-22-12-10-21(11-13-22)27(30)31-5;;/h6-13,17H,14-16,28H2,1-5H3;2*1H. The fraction of sp³-hybridized carbons (Fsp3) is 0.333. The first kappa shape index (κ1) is 30.0. The van der Waals surface area contributed by atoms with Crippen LogP contribution in [0.15, 0.2) is 53.4 Å². The first-order valence-electron chi connectivity index (χ1n) is 10.9. The highest BCUT2D eigenvalue weighted by atomic mass is 35.5. The van der Waals surface area contributed by atoms with E-state index in [4.69, 9.17) is 15.5 Å². The van der Waals surface area contributed by atoms with E-state index in [1.54, 1.807) is 23.9 Å². The van der Waals surface area contributed by atoms with Crippen molar-refractivity contribution in [3.63, 3.8) is 0 Å². The number of hydrogen-bond donors (Lipinski definition) is 1. The third-order valence-corrected chi connectivity index (χ3v) is 6.53. The zero-order valence-electron chi connectivity index (χ0n) is 20.4. The van der Waals surface area contributed by atoms with Gasteiger partial charge in [0.05, 0.1) is 12.7 Å². The molecule has 3 aromatic rings. The number of esters is 1. The summed E-state index contributed by atoms with van der Waals surface area (Å²) in [7, 11) is 1.39. The monoisotopic (exact) mass is 520 g/mol. The van der Waals surface area contributed by atoms with Crippen LogP contribution >= 0.6 is 36.6 Å². The number of nitrogens with two attached hydrogens (primary N) is 1. The van der Waals surface area contributed by atoms with E-state index in [1.165, 1.54) is 29.4 Å². The van der Waals surface area contributed by atoms with Crippen LogP contribution in [-0.4, -0.2) is 18.1 Å². The van der Waals surface area contributed by atoms with Crippen molar-refractivity contribution in [3.8, 4) is 11.1 Å². The number of ether oxygens (including phenoxy) is 1. The summed E-state index contributed by atoms with van der Waals surface area (Å²) in [4.78, 5) is 17.8. The molecule has 0 aliphatic heterocycles. The van der Waals surface area contributed by atoms with E-state index in [0.29, 0.717) is 18.0 Å². The molecule has 0 aliphatic rings. The molecule has 1 heterocycles. The molecule has 2 N–H and O–H groups in total. The van der Waals surface area contributed by atoms with E-state index < -0.39 is 0 Å². The minimum atomic E-state index is -0.323. The number of nitrogens with zero attached hydrogens (tertiary/aromatic N) is 1. The highest BCUT2D eigenvalue weighted by Crippen LogP contribution is 2.36. The van der Waals surface area contributed by atoms with Crippen molar-refractivity contribution in [2.24, 2.45) is 11.7 Å². The molecule has 34 heavy (non-hydrogen) atoms. The van der Waals surface area contributed by atoms with Crippen LogP contribution < -0.4 is 5.73 Å². The van der Waals surface area contributed by atoms with Crippen molar-refractivity contribution in [1.82, 2.24) is 4.98 Å². The molecule has 0 aliphatic carbocycles. The van der Waals surface area contributed by atoms with E-state index in [2.05, 4.69) is 52.0 Å². The Morgan fingerprint density at radius 3 is 2.15 bits per heavy atom. The van der Waals surface area contributed by atoms with Crippen molar-refractivity contribution < 1.29 is 9.53 Å². The minimum Gasteiger partial charge on any atom is -0.465 e. The van der Waals surface area contributed by atoms with Gasteiger partial charge in [-0.25, -0.2) is 4.79 Å². The van der Waals surface area contributed by atoms with Crippen molar-refractivity contribution in [2.75, 3.05) is 7.11 Å². The second kappa shape index (κ2) is 13.7. The van der Waals surface area contributed by atoms with Crippen molar-refractivity contribution in [2.45, 2.75) is 51.3 Å². The molecule has 0 bridgehead atoms. The number of hydrogen-bond acceptors (Lipinski definition) is 5. The second-order valence-electron chi connectivity index (χ2n) is 8.45. The van der Waals surface area contributed by atoms with Gasteiger partial charge in [-0.05, 0) is 72.7 Å². The number of halogens is 2. The van der Waals surface area contributed by atoms with E-state index in [9.17, 15) is 4.79 Å². The SMILES string of the molecule is COC(=O)c1ccc(SCc2c(C)nc(CC(C)C)c(CN)c2-c2ccc(C)cc2)cc1.Cl.Cl. The third-order valence-electron chi connectivity index (χ3n) is 5.50. The highest BCUT2D eigenvalue weighted by molar-refractivity contribution is 7.98. The molecule has 0 spiro atoms. The Bertz CT molecular complexity index is 1090. The molecule has 0 saturated carbocycles. The molecule has 0 saturated heterocycles. The lowest BCUT2D eigenvalue weighted by molar-refractivity contribution is 0.0600. The highest BCUT2D eigenvalue weighted by Gasteiger charge is 2.19. The number of carbonyl (C=O) groups excluding carboxylic acids is 1. The molecule has 184 valence electrons. The van der Waals surface area contributed by atoms with Gasteiger partial charge in [0.2, 0.25) is 0 Å². The van der Waals surface area contributed by atoms with Crippen molar-refractivity contribution in [1.29, 1.82) is 0 Å². The Morgan fingerprint density at radius 2 is 1.62 bits per heavy atom. The molecule has 0 radical (unpaired) electrons. The number of aryl methyl sites for hydroxylation is 2. The predicted molar refractivity (Wildman–Crippen MR) is 147 cm³/mol. The van der Waals surface area contributed by atoms with Crippen LogP contribution in [0.3, 0.4) is 0 Å². The van der Waals surface area contributed by atoms with Crippen molar-refractivity contribution in [3.05, 3.63) is 82.2 Å². The smallest absolute Gasteiger partial charge is 0.337 e. The molecule has 0 fully saturated rings. The summed E-state index contributed by atoms with van der Waals surface area (Å²) in [6, 6.07) is 16.2. The average molecular weight is 522 g/mol. The molecular weight excluding hydrogens is 487 g/mol. The summed E-state index contributed by atoms with van der Waals surface area (Å²) in [6.45, 7) is 9.08. The zero-order valence-corrected chi connectivity index (χ0v) is 22.8. The van der Waals surface area contributed by atoms with Gasteiger partial charge in [-0.15, -0.1) is 36.6 Å². The molecule has 0 unspecified atom stereocenters. The maximum Gasteiger partial charge on any atom is 0.337 e. The Balaban J connectivity index is 0.00000289. The summed E-state index contributed by atoms with van der Waals surface area (Å²) < 4.78 is 4.79. The van der Waals surface area contributed by atoms with Crippen LogP contribution in [0, 0.1) is 19.8 Å². The topological polar surface area (TPSA) is 65.2 Å². The molecule has 7 heteroatoms. The number of pyridine rings is 1. The van der Waals surface area contributed by atoms with Crippen LogP contribution in [0.1, 0.15) is 52.3 Å². The van der Waals surface area contributed by atoms with E-state index >= 15 is 0 Å². The maximum absolute atomic E-state index is 11.7. The first-order valence-corrected chi connectivity index (χ1v) is 11.9. The number of aromatic nitrogens is 1. The van der Waals surface area contributed by atoms with Gasteiger partial charge < -0.3 is 10.5 Å². The molecular formula is C27H34Cl2N2O2S. The van der Waals surface area contributed by atoms with Gasteiger partial charge in [0.1, 0.15) is 0 Å². The van der Waals surface area contributed by atoms with Gasteiger partial charge in [-0.3, -0.25) is 4.98 Å². The summed E-state index contributed by atoms with van der Waals surface area (Å²) in [5.74, 6) is 0.956. The van der Waals surface area contributed by atoms with Crippen LogP contribution in [-0.2, 0) is 23.5 Å². The Morgan fingerprint density at radius 1 is 1.00 bits per heavy atom. The minimum absolute atomic E-state index is 0. The normalized spacial score (nSPS) is 10.4. The maximum atomic E-state index is 11.7. The van der Waals surface area contributed by atoms with Crippen LogP contribution in [0.5, 0.6) is 0 Å². The van der Waals surface area contributed by atoms with Crippen LogP contribution in [0.25, 0.3) is 11.1 Å². The van der Waals surface area contributed by atoms with E-state index in [0.717, 1.165) is 34.0 Å². The fourth-order valence-electron chi connectivity index (χ4n) is 3.83.